The van der Waals surface area contributed by atoms with E-state index in [4.69, 9.17) is 5.14 Å². The van der Waals surface area contributed by atoms with Crippen LogP contribution in [0.5, 0.6) is 0 Å². The third-order valence-corrected chi connectivity index (χ3v) is 4.92. The predicted octanol–water partition coefficient (Wildman–Crippen LogP) is 0.00740. The molecule has 0 aliphatic carbocycles. The largest absolute Gasteiger partial charge is 0.279 e. The van der Waals surface area contributed by atoms with Crippen LogP contribution in [0.2, 0.25) is 0 Å². The summed E-state index contributed by atoms with van der Waals surface area (Å²) in [5.74, 6) is -1.06. The first-order valence-corrected chi connectivity index (χ1v) is 8.47. The van der Waals surface area contributed by atoms with Crippen LogP contribution in [0.1, 0.15) is 0 Å². The molecule has 0 fully saturated rings. The average Bonchev–Trinajstić information content (AvgIpc) is 2.77. The van der Waals surface area contributed by atoms with Crippen molar-refractivity contribution < 1.29 is 21.2 Å². The maximum Gasteiger partial charge on any atom is 0.279 e. The summed E-state index contributed by atoms with van der Waals surface area (Å²) in [5.41, 5.74) is -0.399. The Morgan fingerprint density at radius 2 is 1.90 bits per heavy atom. The Morgan fingerprint density at radius 3 is 2.38 bits per heavy atom. The predicted molar refractivity (Wildman–Crippen MR) is 71.8 cm³/mol. The number of nitrogens with zero attached hydrogens (tertiary/aromatic N) is 2. The van der Waals surface area contributed by atoms with Gasteiger partial charge in [0.05, 0.1) is 16.8 Å². The first-order valence-electron chi connectivity index (χ1n) is 5.44. The zero-order chi connectivity index (χ0) is 15.8. The summed E-state index contributed by atoms with van der Waals surface area (Å²) >= 11 is 0. The van der Waals surface area contributed by atoms with Crippen molar-refractivity contribution in [2.45, 2.75) is 9.92 Å². The number of rotatable bonds is 4. The summed E-state index contributed by atoms with van der Waals surface area (Å²) in [7, 11) is -6.70. The van der Waals surface area contributed by atoms with Crippen LogP contribution in [0.15, 0.2) is 40.4 Å². The van der Waals surface area contributed by atoms with Gasteiger partial charge in [-0.1, -0.05) is 0 Å². The highest BCUT2D eigenvalue weighted by molar-refractivity contribution is 7.92. The number of aryl methyl sites for hydroxylation is 1. The van der Waals surface area contributed by atoms with Crippen LogP contribution in [0.3, 0.4) is 0 Å². The van der Waals surface area contributed by atoms with Crippen molar-refractivity contribution >= 4 is 25.7 Å². The molecule has 0 radical (unpaired) electrons. The van der Waals surface area contributed by atoms with Crippen LogP contribution >= 0.6 is 0 Å². The second-order valence-corrected chi connectivity index (χ2v) is 7.28. The third-order valence-electron chi connectivity index (χ3n) is 2.56. The maximum absolute atomic E-state index is 13.8. The molecular weight excluding hydrogens is 323 g/mol. The minimum absolute atomic E-state index is 0.169. The molecule has 1 aromatic heterocycles. The molecule has 0 amide bonds. The number of halogens is 1. The summed E-state index contributed by atoms with van der Waals surface area (Å²) in [5, 5.41) is 8.39. The van der Waals surface area contributed by atoms with Crippen LogP contribution < -0.4 is 9.86 Å². The quantitative estimate of drug-likeness (QED) is 0.815. The Hall–Kier alpha value is -1.98. The highest BCUT2D eigenvalue weighted by Gasteiger charge is 2.20. The van der Waals surface area contributed by atoms with Crippen LogP contribution in [0.4, 0.5) is 10.1 Å². The van der Waals surface area contributed by atoms with Gasteiger partial charge < -0.3 is 0 Å². The van der Waals surface area contributed by atoms with Gasteiger partial charge in [-0.15, -0.1) is 0 Å². The van der Waals surface area contributed by atoms with E-state index in [1.807, 2.05) is 4.72 Å². The number of hydrogen-bond donors (Lipinski definition) is 2. The lowest BCUT2D eigenvalue weighted by atomic mass is 10.3. The van der Waals surface area contributed by atoms with Crippen molar-refractivity contribution in [3.63, 3.8) is 0 Å². The number of primary sulfonamides is 1. The Balaban J connectivity index is 2.39. The van der Waals surface area contributed by atoms with Gasteiger partial charge in [0, 0.05) is 7.05 Å². The van der Waals surface area contributed by atoms with Crippen LogP contribution in [0.25, 0.3) is 0 Å². The molecular formula is C10H11FN4O4S2. The summed E-state index contributed by atoms with van der Waals surface area (Å²) in [6, 6.07) is 3.85. The van der Waals surface area contributed by atoms with E-state index >= 15 is 0 Å². The third kappa shape index (κ3) is 3.20. The van der Waals surface area contributed by atoms with Gasteiger partial charge in [-0.2, -0.15) is 13.5 Å². The molecule has 3 N–H and O–H groups in total. The van der Waals surface area contributed by atoms with E-state index in [9.17, 15) is 21.2 Å². The fourth-order valence-electron chi connectivity index (χ4n) is 1.58. The molecule has 0 aliphatic rings. The van der Waals surface area contributed by atoms with Gasteiger partial charge in [0.25, 0.3) is 10.0 Å². The molecule has 0 saturated heterocycles. The van der Waals surface area contributed by atoms with Crippen molar-refractivity contribution in [2.24, 2.45) is 12.2 Å². The Morgan fingerprint density at radius 1 is 1.24 bits per heavy atom. The Bertz CT molecular complexity index is 890. The van der Waals surface area contributed by atoms with E-state index in [-0.39, 0.29) is 5.03 Å². The molecule has 2 aromatic rings. The first-order chi connectivity index (χ1) is 9.61. The van der Waals surface area contributed by atoms with Crippen molar-refractivity contribution in [1.82, 2.24) is 9.78 Å². The minimum atomic E-state index is -4.07. The Kier molecular flexibility index (Phi) is 3.74. The highest BCUT2D eigenvalue weighted by Crippen LogP contribution is 2.21. The molecule has 1 heterocycles. The molecule has 8 nitrogen and oxygen atoms in total. The molecule has 11 heteroatoms. The second kappa shape index (κ2) is 5.09. The van der Waals surface area contributed by atoms with Gasteiger partial charge in [0.15, 0.2) is 5.03 Å². The number of benzene rings is 1. The highest BCUT2D eigenvalue weighted by atomic mass is 32.2. The van der Waals surface area contributed by atoms with E-state index < -0.39 is 36.4 Å². The van der Waals surface area contributed by atoms with Gasteiger partial charge in [-0.3, -0.25) is 9.40 Å². The molecule has 0 bridgehead atoms. The molecule has 1 aromatic carbocycles. The normalized spacial score (nSPS) is 12.3. The van der Waals surface area contributed by atoms with Gasteiger partial charge in [-0.25, -0.2) is 17.9 Å². The summed E-state index contributed by atoms with van der Waals surface area (Å²) < 4.78 is 63.1. The van der Waals surface area contributed by atoms with Crippen LogP contribution in [-0.2, 0) is 27.1 Å². The van der Waals surface area contributed by atoms with E-state index in [0.717, 1.165) is 16.8 Å². The lowest BCUT2D eigenvalue weighted by Crippen LogP contribution is -2.18. The number of sulfonamides is 2. The number of aromatic nitrogens is 2. The van der Waals surface area contributed by atoms with Crippen molar-refractivity contribution in [2.75, 3.05) is 4.72 Å². The second-order valence-electron chi connectivity index (χ2n) is 4.09. The number of nitrogens with two attached hydrogens (primary N) is 1. The molecule has 114 valence electrons. The summed E-state index contributed by atoms with van der Waals surface area (Å²) in [6.07, 6.45) is 1.27. The van der Waals surface area contributed by atoms with Crippen LogP contribution in [-0.4, -0.2) is 26.6 Å². The van der Waals surface area contributed by atoms with Crippen molar-refractivity contribution in [1.29, 1.82) is 0 Å². The summed E-state index contributed by atoms with van der Waals surface area (Å²) in [6.45, 7) is 0. The summed E-state index contributed by atoms with van der Waals surface area (Å²) in [4.78, 5) is -0.455. The first kappa shape index (κ1) is 15.4. The molecule has 0 unspecified atom stereocenters. The van der Waals surface area contributed by atoms with Gasteiger partial charge in [0.2, 0.25) is 10.0 Å². The zero-order valence-electron chi connectivity index (χ0n) is 10.7. The number of nitrogens with one attached hydrogen (secondary N) is 1. The van der Waals surface area contributed by atoms with Crippen molar-refractivity contribution in [3.05, 3.63) is 36.3 Å². The van der Waals surface area contributed by atoms with Crippen molar-refractivity contribution in [3.8, 4) is 0 Å². The maximum atomic E-state index is 13.8. The monoisotopic (exact) mass is 334 g/mol. The fourth-order valence-corrected chi connectivity index (χ4v) is 3.30. The molecule has 0 saturated carbocycles. The Labute approximate surface area is 120 Å². The van der Waals surface area contributed by atoms with E-state index in [1.165, 1.54) is 19.3 Å². The topological polar surface area (TPSA) is 124 Å². The van der Waals surface area contributed by atoms with Crippen LogP contribution in [0, 0.1) is 5.82 Å². The molecule has 0 atom stereocenters. The fraction of sp³-hybridized carbons (Fsp3) is 0.100. The molecule has 21 heavy (non-hydrogen) atoms. The minimum Gasteiger partial charge on any atom is -0.275 e. The lowest BCUT2D eigenvalue weighted by Gasteiger charge is -2.09. The molecule has 0 aliphatic heterocycles. The van der Waals surface area contributed by atoms with E-state index in [1.54, 1.807) is 0 Å². The van der Waals surface area contributed by atoms with Gasteiger partial charge in [0.1, 0.15) is 5.82 Å². The lowest BCUT2D eigenvalue weighted by molar-refractivity contribution is 0.580. The van der Waals surface area contributed by atoms with Gasteiger partial charge >= 0.3 is 0 Å². The average molecular weight is 334 g/mol. The zero-order valence-corrected chi connectivity index (χ0v) is 12.3. The number of anilines is 1. The molecule has 2 rings (SSSR count). The number of hydrogen-bond acceptors (Lipinski definition) is 5. The smallest absolute Gasteiger partial charge is 0.275 e. The van der Waals surface area contributed by atoms with Gasteiger partial charge in [-0.05, 0) is 24.3 Å². The SMILES string of the molecule is Cn1nccc1S(=O)(=O)Nc1ccc(S(N)(=O)=O)cc1F. The van der Waals surface area contributed by atoms with E-state index in [2.05, 4.69) is 5.10 Å². The molecule has 0 spiro atoms. The van der Waals surface area contributed by atoms with E-state index in [0.29, 0.717) is 6.07 Å². The standard InChI is InChI=1S/C10H11FN4O4S2/c1-15-10(4-5-13-15)21(18,19)14-9-3-2-7(6-8(9)11)20(12,16)17/h2-6,14H,1H3,(H2,12,16,17).